The summed E-state index contributed by atoms with van der Waals surface area (Å²) in [5, 5.41) is 6.55. The molecule has 25 heavy (non-hydrogen) atoms. The van der Waals surface area contributed by atoms with E-state index in [9.17, 15) is 9.18 Å². The van der Waals surface area contributed by atoms with Gasteiger partial charge in [0.2, 0.25) is 0 Å². The Morgan fingerprint density at radius 3 is 2.32 bits per heavy atom. The Kier molecular flexibility index (Phi) is 6.77. The third kappa shape index (κ3) is 5.76. The highest BCUT2D eigenvalue weighted by Crippen LogP contribution is 2.21. The molecule has 0 heterocycles. The number of hydrogen-bond acceptors (Lipinski definition) is 4. The van der Waals surface area contributed by atoms with Crippen LogP contribution in [0, 0.1) is 5.82 Å². The molecule has 1 amide bonds. The first-order valence-electron chi connectivity index (χ1n) is 8.15. The summed E-state index contributed by atoms with van der Waals surface area (Å²) in [4.78, 5) is 12.9. The standard InChI is InChI=1S/C19H24FN3O2/c1-21-18(12-13-22-16-8-6-15(20)7-9-16)14-4-10-17(11-5-14)25-19(24)23(2)3/h4-11,18,21-22H,12-13H2,1-3H3. The van der Waals surface area contributed by atoms with Crippen LogP contribution in [-0.2, 0) is 0 Å². The van der Waals surface area contributed by atoms with Crippen LogP contribution >= 0.6 is 0 Å². The van der Waals surface area contributed by atoms with Crippen molar-refractivity contribution >= 4 is 11.8 Å². The molecular weight excluding hydrogens is 321 g/mol. The van der Waals surface area contributed by atoms with Crippen molar-refractivity contribution in [2.75, 3.05) is 33.0 Å². The first-order chi connectivity index (χ1) is 12.0. The first kappa shape index (κ1) is 18.7. The third-order valence-electron chi connectivity index (χ3n) is 3.81. The molecule has 5 nitrogen and oxygen atoms in total. The van der Waals surface area contributed by atoms with Crippen LogP contribution in [0.1, 0.15) is 18.0 Å². The van der Waals surface area contributed by atoms with Gasteiger partial charge >= 0.3 is 6.09 Å². The van der Waals surface area contributed by atoms with Crippen molar-refractivity contribution in [1.29, 1.82) is 0 Å². The van der Waals surface area contributed by atoms with E-state index in [0.717, 1.165) is 24.2 Å². The van der Waals surface area contributed by atoms with E-state index in [1.807, 2.05) is 19.2 Å². The number of nitrogens with zero attached hydrogens (tertiary/aromatic N) is 1. The van der Waals surface area contributed by atoms with Gasteiger partial charge < -0.3 is 20.3 Å². The average Bonchev–Trinajstić information content (AvgIpc) is 2.61. The molecule has 6 heteroatoms. The number of amides is 1. The maximum Gasteiger partial charge on any atom is 0.414 e. The zero-order chi connectivity index (χ0) is 18.2. The molecule has 0 aliphatic heterocycles. The van der Waals surface area contributed by atoms with E-state index < -0.39 is 6.09 Å². The average molecular weight is 345 g/mol. The van der Waals surface area contributed by atoms with Crippen LogP contribution < -0.4 is 15.4 Å². The zero-order valence-electron chi connectivity index (χ0n) is 14.8. The maximum atomic E-state index is 12.9. The maximum absolute atomic E-state index is 12.9. The molecule has 2 aromatic carbocycles. The van der Waals surface area contributed by atoms with Crippen LogP contribution in [0.4, 0.5) is 14.9 Å². The van der Waals surface area contributed by atoms with Crippen LogP contribution in [0.2, 0.25) is 0 Å². The fraction of sp³-hybridized carbons (Fsp3) is 0.316. The summed E-state index contributed by atoms with van der Waals surface area (Å²) in [6.07, 6.45) is 0.450. The van der Waals surface area contributed by atoms with Gasteiger partial charge in [0.25, 0.3) is 0 Å². The van der Waals surface area contributed by atoms with Gasteiger partial charge in [0.05, 0.1) is 0 Å². The minimum Gasteiger partial charge on any atom is -0.410 e. The van der Waals surface area contributed by atoms with E-state index in [0.29, 0.717) is 5.75 Å². The summed E-state index contributed by atoms with van der Waals surface area (Å²) in [7, 11) is 5.19. The summed E-state index contributed by atoms with van der Waals surface area (Å²) in [5.74, 6) is 0.274. The Morgan fingerprint density at radius 2 is 1.76 bits per heavy atom. The molecule has 1 atom stereocenters. The minimum atomic E-state index is -0.401. The molecule has 1 unspecified atom stereocenters. The number of anilines is 1. The molecule has 2 aromatic rings. The number of benzene rings is 2. The van der Waals surface area contributed by atoms with Gasteiger partial charge in [-0.05, 0) is 55.4 Å². The molecule has 0 saturated heterocycles. The predicted octanol–water partition coefficient (Wildman–Crippen LogP) is 3.65. The van der Waals surface area contributed by atoms with E-state index in [1.54, 1.807) is 38.4 Å². The smallest absolute Gasteiger partial charge is 0.410 e. The highest BCUT2D eigenvalue weighted by Gasteiger charge is 2.11. The van der Waals surface area contributed by atoms with E-state index >= 15 is 0 Å². The quantitative estimate of drug-likeness (QED) is 0.804. The molecule has 0 bridgehead atoms. The number of halogens is 1. The van der Waals surface area contributed by atoms with Crippen molar-refractivity contribution in [3.8, 4) is 5.75 Å². The van der Waals surface area contributed by atoms with Crippen molar-refractivity contribution in [3.63, 3.8) is 0 Å². The molecule has 0 radical (unpaired) electrons. The fourth-order valence-corrected chi connectivity index (χ4v) is 2.37. The van der Waals surface area contributed by atoms with Gasteiger partial charge in [-0.3, -0.25) is 0 Å². The zero-order valence-corrected chi connectivity index (χ0v) is 14.8. The Balaban J connectivity index is 1.89. The van der Waals surface area contributed by atoms with Gasteiger partial charge in [0.1, 0.15) is 11.6 Å². The van der Waals surface area contributed by atoms with Crippen LogP contribution in [0.25, 0.3) is 0 Å². The fourth-order valence-electron chi connectivity index (χ4n) is 2.37. The normalized spacial score (nSPS) is 11.7. The minimum absolute atomic E-state index is 0.159. The lowest BCUT2D eigenvalue weighted by atomic mass is 10.0. The Morgan fingerprint density at radius 1 is 1.12 bits per heavy atom. The number of hydrogen-bond donors (Lipinski definition) is 2. The second kappa shape index (κ2) is 9.03. The van der Waals surface area contributed by atoms with Crippen molar-refractivity contribution in [2.45, 2.75) is 12.5 Å². The summed E-state index contributed by atoms with van der Waals surface area (Å²) in [6.45, 7) is 0.745. The monoisotopic (exact) mass is 345 g/mol. The highest BCUT2D eigenvalue weighted by molar-refractivity contribution is 5.69. The van der Waals surface area contributed by atoms with Gasteiger partial charge in [-0.1, -0.05) is 12.1 Å². The van der Waals surface area contributed by atoms with E-state index in [-0.39, 0.29) is 11.9 Å². The van der Waals surface area contributed by atoms with Gasteiger partial charge in [-0.15, -0.1) is 0 Å². The molecule has 0 aromatic heterocycles. The number of rotatable bonds is 7. The molecule has 0 aliphatic rings. The van der Waals surface area contributed by atoms with Crippen LogP contribution in [0.15, 0.2) is 48.5 Å². The Hall–Kier alpha value is -2.60. The molecular formula is C19H24FN3O2. The van der Waals surface area contributed by atoms with Crippen molar-refractivity contribution in [1.82, 2.24) is 10.2 Å². The lowest BCUT2D eigenvalue weighted by Gasteiger charge is -2.18. The Labute approximate surface area is 147 Å². The van der Waals surface area contributed by atoms with Crippen LogP contribution in [-0.4, -0.2) is 38.7 Å². The second-order valence-electron chi connectivity index (χ2n) is 5.90. The summed E-state index contributed by atoms with van der Waals surface area (Å²) < 4.78 is 18.1. The molecule has 134 valence electrons. The molecule has 0 fully saturated rings. The van der Waals surface area contributed by atoms with Crippen molar-refractivity contribution in [3.05, 3.63) is 59.9 Å². The van der Waals surface area contributed by atoms with E-state index in [1.165, 1.54) is 17.0 Å². The largest absolute Gasteiger partial charge is 0.414 e. The summed E-state index contributed by atoms with van der Waals surface area (Å²) >= 11 is 0. The Bertz CT molecular complexity index is 672. The number of carbonyl (C=O) groups is 1. The SMILES string of the molecule is CNC(CCNc1ccc(F)cc1)c1ccc(OC(=O)N(C)C)cc1. The van der Waals surface area contributed by atoms with Gasteiger partial charge in [-0.25, -0.2) is 9.18 Å². The van der Waals surface area contributed by atoms with Crippen molar-refractivity contribution < 1.29 is 13.9 Å². The predicted molar refractivity (Wildman–Crippen MR) is 97.5 cm³/mol. The first-order valence-corrected chi connectivity index (χ1v) is 8.15. The molecule has 0 saturated carbocycles. The van der Waals surface area contributed by atoms with Gasteiger partial charge in [-0.2, -0.15) is 0 Å². The molecule has 0 aliphatic carbocycles. The summed E-state index contributed by atoms with van der Waals surface area (Å²) in [6, 6.07) is 13.9. The number of nitrogens with one attached hydrogen (secondary N) is 2. The van der Waals surface area contributed by atoms with E-state index in [4.69, 9.17) is 4.74 Å². The topological polar surface area (TPSA) is 53.6 Å². The van der Waals surface area contributed by atoms with Gasteiger partial charge in [0.15, 0.2) is 0 Å². The second-order valence-corrected chi connectivity index (χ2v) is 5.90. The highest BCUT2D eigenvalue weighted by atomic mass is 19.1. The number of ether oxygens (including phenoxy) is 1. The molecule has 2 rings (SSSR count). The third-order valence-corrected chi connectivity index (χ3v) is 3.81. The van der Waals surface area contributed by atoms with Crippen molar-refractivity contribution in [2.24, 2.45) is 0 Å². The lowest BCUT2D eigenvalue weighted by molar-refractivity contribution is 0.172. The van der Waals surface area contributed by atoms with Gasteiger partial charge in [0, 0.05) is 32.4 Å². The van der Waals surface area contributed by atoms with Crippen LogP contribution in [0.5, 0.6) is 5.75 Å². The molecule has 2 N–H and O–H groups in total. The summed E-state index contributed by atoms with van der Waals surface area (Å²) in [5.41, 5.74) is 2.00. The van der Waals surface area contributed by atoms with Crippen LogP contribution in [0.3, 0.4) is 0 Å². The number of carbonyl (C=O) groups excluding carboxylic acids is 1. The van der Waals surface area contributed by atoms with E-state index in [2.05, 4.69) is 10.6 Å². The lowest BCUT2D eigenvalue weighted by Crippen LogP contribution is -2.25. The molecule has 0 spiro atoms.